The van der Waals surface area contributed by atoms with Gasteiger partial charge in [-0.3, -0.25) is 9.89 Å². The summed E-state index contributed by atoms with van der Waals surface area (Å²) in [5.74, 6) is 0.190. The number of anilines is 2. The number of fused-ring (bicyclic) bond motifs is 1. The number of H-pyrrole nitrogens is 1. The molecule has 8 nitrogen and oxygen atoms in total. The highest BCUT2D eigenvalue weighted by atomic mass is 19.4. The average Bonchev–Trinajstić information content (AvgIpc) is 3.30. The minimum Gasteiger partial charge on any atom is -0.376 e. The molecule has 1 amide bonds. The van der Waals surface area contributed by atoms with Gasteiger partial charge in [0.1, 0.15) is 12.1 Å². The Morgan fingerprint density at radius 3 is 2.49 bits per heavy atom. The van der Waals surface area contributed by atoms with E-state index < -0.39 is 41.6 Å². The molecule has 3 heterocycles. The van der Waals surface area contributed by atoms with E-state index in [0.717, 1.165) is 6.42 Å². The van der Waals surface area contributed by atoms with E-state index in [1.165, 1.54) is 11.2 Å². The van der Waals surface area contributed by atoms with Gasteiger partial charge in [-0.05, 0) is 31.0 Å². The van der Waals surface area contributed by atoms with Crippen molar-refractivity contribution in [2.75, 3.05) is 36.9 Å². The number of nitrogens with zero attached hydrogens (tertiary/aromatic N) is 5. The number of rotatable bonds is 5. The van der Waals surface area contributed by atoms with Gasteiger partial charge in [0.15, 0.2) is 5.65 Å². The third-order valence-electron chi connectivity index (χ3n) is 5.89. The standard InChI is InChI=1S/C21H21F6N7O/c1-33(19-16-8-31-32-18(16)29-11-30-19)15-3-2-4-34(10-15)17(35)9-28-14-6-12(20(22,23)24)5-13(7-14)21(25,26)27/h5-8,11,15,28H,2-4,9-10H2,1H3,(H,29,30,31,32)/t15-/m0/s1. The molecule has 0 bridgehead atoms. The smallest absolute Gasteiger partial charge is 0.376 e. The van der Waals surface area contributed by atoms with Crippen molar-refractivity contribution in [1.82, 2.24) is 25.1 Å². The van der Waals surface area contributed by atoms with Gasteiger partial charge in [0.2, 0.25) is 5.91 Å². The second-order valence-corrected chi connectivity index (χ2v) is 8.22. The number of alkyl halides is 6. The van der Waals surface area contributed by atoms with E-state index in [4.69, 9.17) is 0 Å². The van der Waals surface area contributed by atoms with Gasteiger partial charge in [-0.25, -0.2) is 9.97 Å². The first-order valence-electron chi connectivity index (χ1n) is 10.6. The summed E-state index contributed by atoms with van der Waals surface area (Å²) >= 11 is 0. The number of nitrogens with one attached hydrogen (secondary N) is 2. The van der Waals surface area contributed by atoms with Crippen molar-refractivity contribution in [3.05, 3.63) is 41.9 Å². The molecular formula is C21H21F6N7O. The molecule has 188 valence electrons. The summed E-state index contributed by atoms with van der Waals surface area (Å²) in [6, 6.07) is 1.05. The number of carbonyl (C=O) groups is 1. The van der Waals surface area contributed by atoms with Gasteiger partial charge < -0.3 is 15.1 Å². The second kappa shape index (κ2) is 9.23. The molecular weight excluding hydrogens is 480 g/mol. The number of aromatic amines is 1. The molecule has 0 unspecified atom stereocenters. The van der Waals surface area contributed by atoms with Crippen molar-refractivity contribution in [2.24, 2.45) is 0 Å². The highest BCUT2D eigenvalue weighted by Gasteiger charge is 2.37. The zero-order chi connectivity index (χ0) is 25.4. The molecule has 0 spiro atoms. The molecule has 35 heavy (non-hydrogen) atoms. The van der Waals surface area contributed by atoms with Crippen LogP contribution in [-0.4, -0.2) is 63.7 Å². The van der Waals surface area contributed by atoms with Crippen LogP contribution in [0.3, 0.4) is 0 Å². The molecule has 0 aliphatic carbocycles. The minimum absolute atomic E-state index is 0.0438. The molecule has 14 heteroatoms. The first-order chi connectivity index (χ1) is 16.4. The number of halogens is 6. The lowest BCUT2D eigenvalue weighted by Crippen LogP contribution is -2.50. The lowest BCUT2D eigenvalue weighted by atomic mass is 10.0. The van der Waals surface area contributed by atoms with Crippen molar-refractivity contribution in [3.8, 4) is 0 Å². The second-order valence-electron chi connectivity index (χ2n) is 8.22. The Morgan fingerprint density at radius 1 is 1.14 bits per heavy atom. The average molecular weight is 501 g/mol. The van der Waals surface area contributed by atoms with Gasteiger partial charge in [-0.15, -0.1) is 0 Å². The number of hydrogen-bond donors (Lipinski definition) is 2. The summed E-state index contributed by atoms with van der Waals surface area (Å²) in [6.45, 7) is 0.289. The van der Waals surface area contributed by atoms with Crippen LogP contribution in [0.5, 0.6) is 0 Å². The van der Waals surface area contributed by atoms with E-state index in [9.17, 15) is 31.1 Å². The number of aromatic nitrogens is 4. The van der Waals surface area contributed by atoms with Crippen molar-refractivity contribution >= 4 is 28.4 Å². The van der Waals surface area contributed by atoms with Crippen molar-refractivity contribution < 1.29 is 31.1 Å². The summed E-state index contributed by atoms with van der Waals surface area (Å²) in [6.07, 6.45) is -5.50. The van der Waals surface area contributed by atoms with E-state index in [-0.39, 0.29) is 12.1 Å². The Bertz CT molecular complexity index is 1180. The number of likely N-dealkylation sites (N-methyl/N-ethyl adjacent to an activating group) is 1. The van der Waals surface area contributed by atoms with Crippen LogP contribution in [0, 0.1) is 0 Å². The summed E-state index contributed by atoms with van der Waals surface area (Å²) < 4.78 is 78.4. The molecule has 2 aromatic heterocycles. The SMILES string of the molecule is CN(c1ncnc2[nH]ncc12)[C@H]1CCCN(C(=O)CNc2cc(C(F)(F)F)cc(C(F)(F)F)c2)C1. The molecule has 1 aromatic carbocycles. The number of carbonyl (C=O) groups excluding carboxylic acids is 1. The first-order valence-corrected chi connectivity index (χ1v) is 10.6. The van der Waals surface area contributed by atoms with Crippen molar-refractivity contribution in [3.63, 3.8) is 0 Å². The Balaban J connectivity index is 1.44. The maximum Gasteiger partial charge on any atom is 0.416 e. The summed E-state index contributed by atoms with van der Waals surface area (Å²) in [5.41, 5.74) is -2.77. The summed E-state index contributed by atoms with van der Waals surface area (Å²) in [5, 5.41) is 9.86. The lowest BCUT2D eigenvalue weighted by Gasteiger charge is -2.38. The molecule has 3 aromatic rings. The van der Waals surface area contributed by atoms with E-state index in [2.05, 4.69) is 25.5 Å². The van der Waals surface area contributed by atoms with Crippen LogP contribution >= 0.6 is 0 Å². The largest absolute Gasteiger partial charge is 0.416 e. The van der Waals surface area contributed by atoms with E-state index >= 15 is 0 Å². The van der Waals surface area contributed by atoms with Crippen LogP contribution in [0.4, 0.5) is 37.8 Å². The number of hydrogen-bond acceptors (Lipinski definition) is 6. The van der Waals surface area contributed by atoms with Gasteiger partial charge >= 0.3 is 12.4 Å². The Hall–Kier alpha value is -3.58. The normalized spacial score (nSPS) is 17.0. The van der Waals surface area contributed by atoms with Gasteiger partial charge in [-0.2, -0.15) is 31.4 Å². The first kappa shape index (κ1) is 24.5. The molecule has 1 atom stereocenters. The molecule has 2 N–H and O–H groups in total. The van der Waals surface area contributed by atoms with Gasteiger partial charge in [-0.1, -0.05) is 0 Å². The molecule has 4 rings (SSSR count). The summed E-state index contributed by atoms with van der Waals surface area (Å²) in [7, 11) is 1.83. The van der Waals surface area contributed by atoms with Crippen LogP contribution in [0.15, 0.2) is 30.7 Å². The Morgan fingerprint density at radius 2 is 1.83 bits per heavy atom. The number of amides is 1. The van der Waals surface area contributed by atoms with Crippen LogP contribution < -0.4 is 10.2 Å². The van der Waals surface area contributed by atoms with Gasteiger partial charge in [0, 0.05) is 31.9 Å². The molecule has 1 saturated heterocycles. The maximum atomic E-state index is 13.1. The fourth-order valence-electron chi connectivity index (χ4n) is 4.05. The third kappa shape index (κ3) is 5.41. The maximum absolute atomic E-state index is 13.1. The molecule has 0 radical (unpaired) electrons. The van der Waals surface area contributed by atoms with E-state index in [0.29, 0.717) is 48.5 Å². The highest BCUT2D eigenvalue weighted by Crippen LogP contribution is 2.37. The predicted molar refractivity (Wildman–Crippen MR) is 115 cm³/mol. The highest BCUT2D eigenvalue weighted by molar-refractivity contribution is 5.86. The number of likely N-dealkylation sites (tertiary alicyclic amines) is 1. The minimum atomic E-state index is -4.96. The van der Waals surface area contributed by atoms with Crippen LogP contribution in [-0.2, 0) is 17.1 Å². The van der Waals surface area contributed by atoms with Crippen LogP contribution in [0.1, 0.15) is 24.0 Å². The van der Waals surface area contributed by atoms with Gasteiger partial charge in [0.25, 0.3) is 0 Å². The van der Waals surface area contributed by atoms with Gasteiger partial charge in [0.05, 0.1) is 29.3 Å². The van der Waals surface area contributed by atoms with Crippen molar-refractivity contribution in [2.45, 2.75) is 31.2 Å². The fourth-order valence-corrected chi connectivity index (χ4v) is 4.05. The fraction of sp³-hybridized carbons (Fsp3) is 0.429. The third-order valence-corrected chi connectivity index (χ3v) is 5.89. The molecule has 1 aliphatic heterocycles. The monoisotopic (exact) mass is 501 g/mol. The predicted octanol–water partition coefficient (Wildman–Crippen LogP) is 3.93. The van der Waals surface area contributed by atoms with Crippen LogP contribution in [0.25, 0.3) is 11.0 Å². The molecule has 0 saturated carbocycles. The zero-order valence-electron chi connectivity index (χ0n) is 18.4. The number of benzene rings is 1. The van der Waals surface area contributed by atoms with Crippen LogP contribution in [0.2, 0.25) is 0 Å². The lowest BCUT2D eigenvalue weighted by molar-refractivity contribution is -0.143. The summed E-state index contributed by atoms with van der Waals surface area (Å²) in [4.78, 5) is 24.6. The number of piperidine rings is 1. The quantitative estimate of drug-likeness (QED) is 0.515. The van der Waals surface area contributed by atoms with Crippen molar-refractivity contribution in [1.29, 1.82) is 0 Å². The van der Waals surface area contributed by atoms with E-state index in [1.807, 2.05) is 11.9 Å². The molecule has 1 fully saturated rings. The molecule has 1 aliphatic rings. The Labute approximate surface area is 195 Å². The van der Waals surface area contributed by atoms with E-state index in [1.54, 1.807) is 6.20 Å². The topological polar surface area (TPSA) is 90.0 Å². The zero-order valence-corrected chi connectivity index (χ0v) is 18.4. The Kier molecular flexibility index (Phi) is 6.47.